The van der Waals surface area contributed by atoms with Crippen LogP contribution < -0.4 is 4.74 Å². The van der Waals surface area contributed by atoms with Crippen molar-refractivity contribution >= 4 is 0 Å². The van der Waals surface area contributed by atoms with Gasteiger partial charge in [0.05, 0.1) is 12.7 Å². The van der Waals surface area contributed by atoms with Crippen molar-refractivity contribution in [2.45, 2.75) is 19.6 Å². The summed E-state index contributed by atoms with van der Waals surface area (Å²) >= 11 is 0. The molecule has 1 aromatic carbocycles. The molecule has 1 atom stereocenters. The SMILES string of the molecule is CC(O)c1ccc2c(c1)COCO2. The zero-order chi connectivity index (χ0) is 9.26. The summed E-state index contributed by atoms with van der Waals surface area (Å²) in [5.41, 5.74) is 1.90. The van der Waals surface area contributed by atoms with Crippen molar-refractivity contribution in [2.75, 3.05) is 6.79 Å². The third kappa shape index (κ3) is 1.66. The first kappa shape index (κ1) is 8.53. The Morgan fingerprint density at radius 2 is 2.31 bits per heavy atom. The van der Waals surface area contributed by atoms with Crippen LogP contribution in [0.5, 0.6) is 5.75 Å². The predicted octanol–water partition coefficient (Wildman–Crippen LogP) is 1.61. The molecule has 1 aliphatic rings. The highest BCUT2D eigenvalue weighted by molar-refractivity contribution is 5.38. The fraction of sp³-hybridized carbons (Fsp3) is 0.400. The van der Waals surface area contributed by atoms with E-state index in [0.717, 1.165) is 16.9 Å². The number of aliphatic hydroxyl groups is 1. The van der Waals surface area contributed by atoms with Gasteiger partial charge in [0.2, 0.25) is 0 Å². The molecule has 13 heavy (non-hydrogen) atoms. The van der Waals surface area contributed by atoms with E-state index in [2.05, 4.69) is 0 Å². The molecule has 0 aromatic heterocycles. The molecule has 2 rings (SSSR count). The maximum atomic E-state index is 9.34. The van der Waals surface area contributed by atoms with E-state index in [0.29, 0.717) is 13.4 Å². The minimum absolute atomic E-state index is 0.320. The van der Waals surface area contributed by atoms with Crippen molar-refractivity contribution in [2.24, 2.45) is 0 Å². The fourth-order valence-corrected chi connectivity index (χ4v) is 1.37. The quantitative estimate of drug-likeness (QED) is 0.713. The number of benzene rings is 1. The second-order valence-electron chi connectivity index (χ2n) is 3.15. The lowest BCUT2D eigenvalue weighted by Gasteiger charge is -2.18. The van der Waals surface area contributed by atoms with E-state index in [9.17, 15) is 5.11 Å². The normalized spacial score (nSPS) is 17.4. The summed E-state index contributed by atoms with van der Waals surface area (Å²) in [5.74, 6) is 0.857. The van der Waals surface area contributed by atoms with Gasteiger partial charge in [0, 0.05) is 5.56 Å². The van der Waals surface area contributed by atoms with Gasteiger partial charge in [-0.1, -0.05) is 6.07 Å². The molecule has 0 spiro atoms. The summed E-state index contributed by atoms with van der Waals surface area (Å²) in [7, 11) is 0. The summed E-state index contributed by atoms with van der Waals surface area (Å²) in [6, 6.07) is 5.66. The smallest absolute Gasteiger partial charge is 0.189 e. The van der Waals surface area contributed by atoms with Crippen LogP contribution in [0.25, 0.3) is 0 Å². The van der Waals surface area contributed by atoms with Gasteiger partial charge >= 0.3 is 0 Å². The van der Waals surface area contributed by atoms with Crippen molar-refractivity contribution < 1.29 is 14.6 Å². The number of aliphatic hydroxyl groups excluding tert-OH is 1. The van der Waals surface area contributed by atoms with E-state index >= 15 is 0 Å². The number of hydrogen-bond donors (Lipinski definition) is 1. The van der Waals surface area contributed by atoms with Gasteiger partial charge in [0.1, 0.15) is 5.75 Å². The van der Waals surface area contributed by atoms with Crippen LogP contribution in [0.2, 0.25) is 0 Å². The van der Waals surface area contributed by atoms with Gasteiger partial charge < -0.3 is 14.6 Å². The van der Waals surface area contributed by atoms with Crippen LogP contribution in [-0.4, -0.2) is 11.9 Å². The highest BCUT2D eigenvalue weighted by Crippen LogP contribution is 2.26. The lowest BCUT2D eigenvalue weighted by atomic mass is 10.1. The molecule has 0 saturated carbocycles. The molecule has 0 radical (unpaired) electrons. The van der Waals surface area contributed by atoms with Crippen molar-refractivity contribution in [1.29, 1.82) is 0 Å². The van der Waals surface area contributed by atoms with E-state index in [4.69, 9.17) is 9.47 Å². The Morgan fingerprint density at radius 1 is 1.46 bits per heavy atom. The monoisotopic (exact) mass is 180 g/mol. The van der Waals surface area contributed by atoms with E-state index in [1.54, 1.807) is 6.92 Å². The molecule has 1 N–H and O–H groups in total. The second kappa shape index (κ2) is 3.36. The number of hydrogen-bond acceptors (Lipinski definition) is 3. The third-order valence-corrected chi connectivity index (χ3v) is 2.12. The Bertz CT molecular complexity index is 307. The van der Waals surface area contributed by atoms with Crippen molar-refractivity contribution in [1.82, 2.24) is 0 Å². The van der Waals surface area contributed by atoms with Crippen LogP contribution in [0.3, 0.4) is 0 Å². The Labute approximate surface area is 76.9 Å². The van der Waals surface area contributed by atoms with E-state index in [1.165, 1.54) is 0 Å². The van der Waals surface area contributed by atoms with Gasteiger partial charge in [-0.3, -0.25) is 0 Å². The van der Waals surface area contributed by atoms with Crippen LogP contribution in [-0.2, 0) is 11.3 Å². The zero-order valence-electron chi connectivity index (χ0n) is 7.49. The summed E-state index contributed by atoms with van der Waals surface area (Å²) < 4.78 is 10.4. The lowest BCUT2D eigenvalue weighted by Crippen LogP contribution is -2.11. The molecule has 1 aliphatic heterocycles. The van der Waals surface area contributed by atoms with E-state index in [-0.39, 0.29) is 0 Å². The van der Waals surface area contributed by atoms with Gasteiger partial charge in [-0.2, -0.15) is 0 Å². The average Bonchev–Trinajstić information content (AvgIpc) is 2.17. The summed E-state index contributed by atoms with van der Waals surface area (Å²) in [5, 5.41) is 9.34. The van der Waals surface area contributed by atoms with E-state index in [1.807, 2.05) is 18.2 Å². The largest absolute Gasteiger partial charge is 0.467 e. The molecule has 3 nitrogen and oxygen atoms in total. The Balaban J connectivity index is 2.35. The number of fused-ring (bicyclic) bond motifs is 1. The molecule has 0 fully saturated rings. The molecule has 0 saturated heterocycles. The van der Waals surface area contributed by atoms with Gasteiger partial charge in [-0.05, 0) is 24.6 Å². The number of ether oxygens (including phenoxy) is 2. The van der Waals surface area contributed by atoms with Gasteiger partial charge in [0.25, 0.3) is 0 Å². The first-order valence-corrected chi connectivity index (χ1v) is 4.29. The molecular formula is C10H12O3. The molecular weight excluding hydrogens is 168 g/mol. The first-order chi connectivity index (χ1) is 6.27. The van der Waals surface area contributed by atoms with E-state index < -0.39 is 6.10 Å². The average molecular weight is 180 g/mol. The highest BCUT2D eigenvalue weighted by atomic mass is 16.7. The van der Waals surface area contributed by atoms with Gasteiger partial charge in [-0.15, -0.1) is 0 Å². The lowest BCUT2D eigenvalue weighted by molar-refractivity contribution is -0.0165. The molecule has 70 valence electrons. The molecule has 3 heteroatoms. The summed E-state index contributed by atoms with van der Waals surface area (Å²) in [6.07, 6.45) is -0.438. The zero-order valence-corrected chi connectivity index (χ0v) is 7.49. The summed E-state index contributed by atoms with van der Waals surface area (Å²) in [6.45, 7) is 2.63. The van der Waals surface area contributed by atoms with Gasteiger partial charge in [0.15, 0.2) is 6.79 Å². The Morgan fingerprint density at radius 3 is 3.08 bits per heavy atom. The number of rotatable bonds is 1. The van der Waals surface area contributed by atoms with Crippen LogP contribution in [0.15, 0.2) is 18.2 Å². The molecule has 0 amide bonds. The minimum Gasteiger partial charge on any atom is -0.467 e. The predicted molar refractivity (Wildman–Crippen MR) is 47.4 cm³/mol. The maximum Gasteiger partial charge on any atom is 0.189 e. The minimum atomic E-state index is -0.438. The summed E-state index contributed by atoms with van der Waals surface area (Å²) in [4.78, 5) is 0. The van der Waals surface area contributed by atoms with Crippen molar-refractivity contribution in [3.63, 3.8) is 0 Å². The Hall–Kier alpha value is -1.06. The molecule has 0 bridgehead atoms. The third-order valence-electron chi connectivity index (χ3n) is 2.12. The molecule has 1 unspecified atom stereocenters. The second-order valence-corrected chi connectivity index (χ2v) is 3.15. The topological polar surface area (TPSA) is 38.7 Å². The Kier molecular flexibility index (Phi) is 2.20. The van der Waals surface area contributed by atoms with Crippen LogP contribution >= 0.6 is 0 Å². The molecule has 1 aromatic rings. The van der Waals surface area contributed by atoms with Crippen LogP contribution in [0.4, 0.5) is 0 Å². The fourth-order valence-electron chi connectivity index (χ4n) is 1.37. The van der Waals surface area contributed by atoms with Crippen molar-refractivity contribution in [3.05, 3.63) is 29.3 Å². The standard InChI is InChI=1S/C10H12O3/c1-7(11)8-2-3-10-9(4-8)5-12-6-13-10/h2-4,7,11H,5-6H2,1H3. The molecule has 1 heterocycles. The molecule has 0 aliphatic carbocycles. The van der Waals surface area contributed by atoms with Crippen molar-refractivity contribution in [3.8, 4) is 5.75 Å². The van der Waals surface area contributed by atoms with Crippen LogP contribution in [0, 0.1) is 0 Å². The first-order valence-electron chi connectivity index (χ1n) is 4.29. The van der Waals surface area contributed by atoms with Gasteiger partial charge in [-0.25, -0.2) is 0 Å². The van der Waals surface area contributed by atoms with Crippen LogP contribution in [0.1, 0.15) is 24.2 Å². The highest BCUT2D eigenvalue weighted by Gasteiger charge is 2.11. The maximum absolute atomic E-state index is 9.34.